The number of rotatable bonds is 7. The molecule has 104 valence electrons. The van der Waals surface area contributed by atoms with Gasteiger partial charge in [0.2, 0.25) is 0 Å². The Labute approximate surface area is 113 Å². The highest BCUT2D eigenvalue weighted by molar-refractivity contribution is 6.77. The molecule has 0 bridgehead atoms. The molecule has 3 nitrogen and oxygen atoms in total. The van der Waals surface area contributed by atoms with Crippen LogP contribution in [0.15, 0.2) is 18.7 Å². The summed E-state index contributed by atoms with van der Waals surface area (Å²) in [4.78, 5) is 4.06. The lowest BCUT2D eigenvalue weighted by Crippen LogP contribution is -2.48. The highest BCUT2D eigenvalue weighted by Crippen LogP contribution is 2.42. The molecule has 1 aromatic rings. The van der Waals surface area contributed by atoms with Gasteiger partial charge in [-0.3, -0.25) is 0 Å². The van der Waals surface area contributed by atoms with Crippen molar-refractivity contribution in [2.24, 2.45) is 0 Å². The molecule has 0 aliphatic carbocycles. The molecule has 1 rings (SSSR count). The van der Waals surface area contributed by atoms with Gasteiger partial charge >= 0.3 is 0 Å². The van der Waals surface area contributed by atoms with Gasteiger partial charge in [-0.25, -0.2) is 4.98 Å². The number of hydrogen-bond donors (Lipinski definition) is 0. The molecule has 0 atom stereocenters. The molecule has 0 N–H and O–H groups in total. The highest BCUT2D eigenvalue weighted by Gasteiger charge is 2.44. The van der Waals surface area contributed by atoms with Crippen LogP contribution >= 0.6 is 0 Å². The largest absolute Gasteiger partial charge is 0.414 e. The lowest BCUT2D eigenvalue weighted by molar-refractivity contribution is 0.262. The molecular weight excluding hydrogens is 240 g/mol. The quantitative estimate of drug-likeness (QED) is 0.697. The molecule has 0 radical (unpaired) electrons. The number of imidazole rings is 1. The maximum absolute atomic E-state index is 6.48. The van der Waals surface area contributed by atoms with Crippen LogP contribution in [0.3, 0.4) is 0 Å². The maximum atomic E-state index is 6.48. The van der Waals surface area contributed by atoms with E-state index in [1.807, 2.05) is 18.7 Å². The molecule has 0 unspecified atom stereocenters. The van der Waals surface area contributed by atoms with Crippen LogP contribution < -0.4 is 0 Å². The Morgan fingerprint density at radius 2 is 1.61 bits per heavy atom. The van der Waals surface area contributed by atoms with Gasteiger partial charge in [0.15, 0.2) is 8.32 Å². The SMILES string of the molecule is CC(C)[Si](OCCn1ccnc1)(C(C)C)C(C)C. The van der Waals surface area contributed by atoms with Gasteiger partial charge in [-0.15, -0.1) is 0 Å². The van der Waals surface area contributed by atoms with Crippen molar-refractivity contribution in [3.8, 4) is 0 Å². The maximum Gasteiger partial charge on any atom is 0.200 e. The fraction of sp³-hybridized carbons (Fsp3) is 0.786. The summed E-state index contributed by atoms with van der Waals surface area (Å²) in [6, 6.07) is 0. The lowest BCUT2D eigenvalue weighted by atomic mass is 10.5. The monoisotopic (exact) mass is 268 g/mol. The Bertz CT molecular complexity index is 312. The van der Waals surface area contributed by atoms with Crippen molar-refractivity contribution in [3.63, 3.8) is 0 Å². The van der Waals surface area contributed by atoms with Gasteiger partial charge in [-0.05, 0) is 16.6 Å². The Morgan fingerprint density at radius 3 is 2.00 bits per heavy atom. The summed E-state index contributed by atoms with van der Waals surface area (Å²) in [7, 11) is -1.69. The van der Waals surface area contributed by atoms with E-state index >= 15 is 0 Å². The van der Waals surface area contributed by atoms with Crippen molar-refractivity contribution in [2.45, 2.75) is 64.7 Å². The van der Waals surface area contributed by atoms with E-state index in [1.165, 1.54) is 0 Å². The van der Waals surface area contributed by atoms with E-state index in [9.17, 15) is 0 Å². The molecule has 0 saturated heterocycles. The van der Waals surface area contributed by atoms with E-state index in [-0.39, 0.29) is 0 Å². The second-order valence-electron chi connectivity index (χ2n) is 5.97. The molecule has 1 aromatic heterocycles. The van der Waals surface area contributed by atoms with E-state index in [2.05, 4.69) is 51.1 Å². The minimum atomic E-state index is -1.69. The first-order valence-electron chi connectivity index (χ1n) is 7.01. The van der Waals surface area contributed by atoms with Crippen LogP contribution in [0.4, 0.5) is 0 Å². The number of nitrogens with zero attached hydrogens (tertiary/aromatic N) is 2. The standard InChI is InChI=1S/C14H28N2OSi/c1-12(2)18(13(3)4,14(5)6)17-10-9-16-8-7-15-11-16/h7-8,11-14H,9-10H2,1-6H3. The number of hydrogen-bond acceptors (Lipinski definition) is 2. The van der Waals surface area contributed by atoms with Crippen LogP contribution in [0.5, 0.6) is 0 Å². The van der Waals surface area contributed by atoms with E-state index in [4.69, 9.17) is 4.43 Å². The van der Waals surface area contributed by atoms with Crippen molar-refractivity contribution in [2.75, 3.05) is 6.61 Å². The Hall–Kier alpha value is -0.613. The second kappa shape index (κ2) is 6.52. The number of aromatic nitrogens is 2. The minimum Gasteiger partial charge on any atom is -0.414 e. The van der Waals surface area contributed by atoms with Crippen molar-refractivity contribution < 1.29 is 4.43 Å². The van der Waals surface area contributed by atoms with E-state index in [0.29, 0.717) is 16.6 Å². The van der Waals surface area contributed by atoms with Crippen LogP contribution in [0.1, 0.15) is 41.5 Å². The molecule has 0 aliphatic heterocycles. The molecule has 0 fully saturated rings. The van der Waals surface area contributed by atoms with E-state index in [1.54, 1.807) is 0 Å². The van der Waals surface area contributed by atoms with Crippen LogP contribution in [0, 0.1) is 0 Å². The molecule has 0 saturated carbocycles. The summed E-state index contributed by atoms with van der Waals surface area (Å²) < 4.78 is 8.56. The van der Waals surface area contributed by atoms with Crippen LogP contribution in [0.25, 0.3) is 0 Å². The molecule has 0 spiro atoms. The van der Waals surface area contributed by atoms with E-state index < -0.39 is 8.32 Å². The van der Waals surface area contributed by atoms with Crippen LogP contribution in [-0.2, 0) is 11.0 Å². The fourth-order valence-electron chi connectivity index (χ4n) is 3.25. The molecule has 0 aromatic carbocycles. The van der Waals surface area contributed by atoms with Crippen molar-refractivity contribution in [1.29, 1.82) is 0 Å². The molecule has 0 aliphatic rings. The molecular formula is C14H28N2OSi. The smallest absolute Gasteiger partial charge is 0.200 e. The van der Waals surface area contributed by atoms with Gasteiger partial charge < -0.3 is 8.99 Å². The van der Waals surface area contributed by atoms with Gasteiger partial charge in [-0.1, -0.05) is 41.5 Å². The zero-order valence-corrected chi connectivity index (χ0v) is 13.7. The van der Waals surface area contributed by atoms with Crippen LogP contribution in [-0.4, -0.2) is 24.5 Å². The zero-order chi connectivity index (χ0) is 13.8. The van der Waals surface area contributed by atoms with Gasteiger partial charge in [0.25, 0.3) is 0 Å². The van der Waals surface area contributed by atoms with Gasteiger partial charge in [0.1, 0.15) is 0 Å². The third kappa shape index (κ3) is 3.23. The summed E-state index contributed by atoms with van der Waals surface area (Å²) >= 11 is 0. The molecule has 18 heavy (non-hydrogen) atoms. The summed E-state index contributed by atoms with van der Waals surface area (Å²) in [5.41, 5.74) is 1.96. The average molecular weight is 268 g/mol. The van der Waals surface area contributed by atoms with Crippen molar-refractivity contribution in [1.82, 2.24) is 9.55 Å². The summed E-state index contributed by atoms with van der Waals surface area (Å²) in [5, 5.41) is 0. The Kier molecular flexibility index (Phi) is 5.60. The topological polar surface area (TPSA) is 27.1 Å². The van der Waals surface area contributed by atoms with Gasteiger partial charge in [-0.2, -0.15) is 0 Å². The predicted octanol–water partition coefficient (Wildman–Crippen LogP) is 4.08. The Morgan fingerprint density at radius 1 is 1.06 bits per heavy atom. The molecule has 4 heteroatoms. The van der Waals surface area contributed by atoms with E-state index in [0.717, 1.165) is 13.2 Å². The average Bonchev–Trinajstić information content (AvgIpc) is 2.75. The second-order valence-corrected chi connectivity index (χ2v) is 11.4. The first-order chi connectivity index (χ1) is 8.41. The summed E-state index contributed by atoms with van der Waals surface area (Å²) in [5.74, 6) is 0. The normalized spacial score (nSPS) is 12.9. The first-order valence-corrected chi connectivity index (χ1v) is 9.15. The zero-order valence-electron chi connectivity index (χ0n) is 12.7. The summed E-state index contributed by atoms with van der Waals surface area (Å²) in [6.45, 7) is 15.6. The summed E-state index contributed by atoms with van der Waals surface area (Å²) in [6.07, 6.45) is 5.66. The third-order valence-corrected chi connectivity index (χ3v) is 10.1. The van der Waals surface area contributed by atoms with Crippen molar-refractivity contribution in [3.05, 3.63) is 18.7 Å². The first kappa shape index (κ1) is 15.4. The lowest BCUT2D eigenvalue weighted by Gasteiger charge is -2.42. The van der Waals surface area contributed by atoms with Gasteiger partial charge in [0, 0.05) is 18.9 Å². The highest BCUT2D eigenvalue weighted by atomic mass is 28.4. The van der Waals surface area contributed by atoms with Gasteiger partial charge in [0.05, 0.1) is 12.9 Å². The van der Waals surface area contributed by atoms with Crippen LogP contribution in [0.2, 0.25) is 16.6 Å². The molecule has 0 amide bonds. The minimum absolute atomic E-state index is 0.653. The predicted molar refractivity (Wildman–Crippen MR) is 79.2 cm³/mol. The molecule has 1 heterocycles. The van der Waals surface area contributed by atoms with Crippen molar-refractivity contribution >= 4 is 8.32 Å². The fourth-order valence-corrected chi connectivity index (χ4v) is 8.69. The Balaban J connectivity index is 2.67. The third-order valence-electron chi connectivity index (χ3n) is 3.97.